The molecule has 4 saturated carbocycles. The number of carbonyl (C=O) groups is 1. The van der Waals surface area contributed by atoms with Gasteiger partial charge in [-0.2, -0.15) is 0 Å². The van der Waals surface area contributed by atoms with E-state index in [4.69, 9.17) is 18.9 Å². The van der Waals surface area contributed by atoms with Crippen molar-refractivity contribution in [3.05, 3.63) is 47.5 Å². The van der Waals surface area contributed by atoms with E-state index in [2.05, 4.69) is 68.4 Å². The molecule has 1 aromatic rings. The first-order chi connectivity index (χ1) is 22.0. The van der Waals surface area contributed by atoms with Crippen molar-refractivity contribution in [1.29, 1.82) is 0 Å². The predicted octanol–water partition coefficient (Wildman–Crippen LogP) is 9.68. The molecular formula is C42H62O5. The van der Waals surface area contributed by atoms with E-state index in [9.17, 15) is 4.79 Å². The van der Waals surface area contributed by atoms with Crippen LogP contribution in [0.4, 0.5) is 0 Å². The molecule has 1 heterocycles. The third-order valence-electron chi connectivity index (χ3n) is 15.6. The number of benzene rings is 1. The summed E-state index contributed by atoms with van der Waals surface area (Å²) >= 11 is 0. The summed E-state index contributed by atoms with van der Waals surface area (Å²) < 4.78 is 25.3. The van der Waals surface area contributed by atoms with Crippen LogP contribution in [0.1, 0.15) is 126 Å². The Bertz CT molecular complexity index is 1400. The Kier molecular flexibility index (Phi) is 8.02. The molecule has 47 heavy (non-hydrogen) atoms. The van der Waals surface area contributed by atoms with Gasteiger partial charge in [0.05, 0.1) is 19.3 Å². The molecule has 0 amide bonds. The van der Waals surface area contributed by atoms with Gasteiger partial charge in [-0.05, 0) is 117 Å². The molecule has 7 rings (SSSR count). The van der Waals surface area contributed by atoms with Crippen LogP contribution in [0.3, 0.4) is 0 Å². The summed E-state index contributed by atoms with van der Waals surface area (Å²) in [6.45, 7) is 23.1. The van der Waals surface area contributed by atoms with E-state index in [0.29, 0.717) is 24.4 Å². The maximum atomic E-state index is 13.3. The summed E-state index contributed by atoms with van der Waals surface area (Å²) in [5.74, 6) is 0.965. The minimum absolute atomic E-state index is 0.000164. The average Bonchev–Trinajstić information content (AvgIpc) is 2.99. The van der Waals surface area contributed by atoms with Crippen molar-refractivity contribution < 1.29 is 23.7 Å². The fourth-order valence-corrected chi connectivity index (χ4v) is 12.7. The van der Waals surface area contributed by atoms with Gasteiger partial charge < -0.3 is 18.9 Å². The highest BCUT2D eigenvalue weighted by molar-refractivity contribution is 5.71. The zero-order valence-electron chi connectivity index (χ0n) is 30.9. The highest BCUT2D eigenvalue weighted by Crippen LogP contribution is 2.76. The largest absolute Gasteiger partial charge is 0.460 e. The lowest BCUT2D eigenvalue weighted by molar-refractivity contribution is -0.351. The summed E-state index contributed by atoms with van der Waals surface area (Å²) in [5, 5.41) is 0. The van der Waals surface area contributed by atoms with Crippen molar-refractivity contribution in [1.82, 2.24) is 0 Å². The molecule has 1 aromatic carbocycles. The number of rotatable bonds is 5. The van der Waals surface area contributed by atoms with Crippen LogP contribution >= 0.6 is 0 Å². The maximum absolute atomic E-state index is 13.3. The first-order valence-corrected chi connectivity index (χ1v) is 18.8. The molecular weight excluding hydrogens is 584 g/mol. The number of carbonyl (C=O) groups excluding carboxylic acids is 1. The van der Waals surface area contributed by atoms with Gasteiger partial charge in [-0.15, -0.1) is 0 Å². The van der Waals surface area contributed by atoms with Crippen LogP contribution in [0.25, 0.3) is 0 Å². The summed E-state index contributed by atoms with van der Waals surface area (Å²) in [6.07, 6.45) is 13.3. The molecule has 1 saturated heterocycles. The van der Waals surface area contributed by atoms with E-state index in [0.717, 1.165) is 44.3 Å². The van der Waals surface area contributed by atoms with Gasteiger partial charge in [-0.25, -0.2) is 4.79 Å². The van der Waals surface area contributed by atoms with E-state index in [1.165, 1.54) is 25.7 Å². The number of hydrogen-bond donors (Lipinski definition) is 0. The highest BCUT2D eigenvalue weighted by Gasteiger charge is 2.70. The van der Waals surface area contributed by atoms with Crippen molar-refractivity contribution in [2.45, 2.75) is 145 Å². The van der Waals surface area contributed by atoms with Crippen LogP contribution in [0.5, 0.6) is 0 Å². The average molecular weight is 647 g/mol. The van der Waals surface area contributed by atoms with Gasteiger partial charge in [0.15, 0.2) is 5.79 Å². The van der Waals surface area contributed by atoms with Crippen LogP contribution in [0, 0.1) is 50.2 Å². The second kappa shape index (κ2) is 11.2. The van der Waals surface area contributed by atoms with Gasteiger partial charge >= 0.3 is 5.97 Å². The fourth-order valence-electron chi connectivity index (χ4n) is 12.7. The monoisotopic (exact) mass is 646 g/mol. The lowest BCUT2D eigenvalue weighted by atomic mass is 9.33. The maximum Gasteiger partial charge on any atom is 0.332 e. The smallest absolute Gasteiger partial charge is 0.332 e. The van der Waals surface area contributed by atoms with E-state index in [1.807, 2.05) is 30.3 Å². The Morgan fingerprint density at radius 2 is 1.57 bits per heavy atom. The van der Waals surface area contributed by atoms with E-state index in [-0.39, 0.29) is 57.3 Å². The van der Waals surface area contributed by atoms with E-state index >= 15 is 0 Å². The lowest BCUT2D eigenvalue weighted by Crippen LogP contribution is -2.68. The van der Waals surface area contributed by atoms with Gasteiger partial charge in [-0.1, -0.05) is 90.4 Å². The molecule has 6 aliphatic rings. The second-order valence-corrected chi connectivity index (χ2v) is 19.2. The Morgan fingerprint density at radius 1 is 0.830 bits per heavy atom. The normalized spacial score (nSPS) is 46.4. The lowest BCUT2D eigenvalue weighted by Gasteiger charge is -2.72. The Balaban J connectivity index is 1.14. The second-order valence-electron chi connectivity index (χ2n) is 19.2. The highest BCUT2D eigenvalue weighted by atomic mass is 16.7. The molecule has 5 nitrogen and oxygen atoms in total. The van der Waals surface area contributed by atoms with Crippen LogP contribution < -0.4 is 0 Å². The van der Waals surface area contributed by atoms with Crippen LogP contribution in [0.15, 0.2) is 42.0 Å². The summed E-state index contributed by atoms with van der Waals surface area (Å²) in [7, 11) is 0. The van der Waals surface area contributed by atoms with Crippen LogP contribution in [-0.2, 0) is 30.3 Å². The fraction of sp³-hybridized carbons (Fsp3) is 0.786. The summed E-state index contributed by atoms with van der Waals surface area (Å²) in [4.78, 5) is 13.3. The van der Waals surface area contributed by atoms with Crippen molar-refractivity contribution in [3.8, 4) is 0 Å². The molecule has 5 aliphatic carbocycles. The predicted molar refractivity (Wildman–Crippen MR) is 185 cm³/mol. The molecule has 0 spiro atoms. The molecule has 0 radical (unpaired) electrons. The molecule has 1 aliphatic heterocycles. The topological polar surface area (TPSA) is 54.0 Å². The number of esters is 1. The van der Waals surface area contributed by atoms with Gasteiger partial charge in [0, 0.05) is 10.8 Å². The SMILES string of the molecule is CC1(C)C[C@@H]2C3=CC[C@@H]4[C@@]5(C)CCC6OC(C)(C)OC[C@@]6(C)C5CC[C@@]4(C)[C@]3(C)CC[C@@]2(C)[C@H](OC(=O)COCc2ccccc2)C1. The van der Waals surface area contributed by atoms with Crippen molar-refractivity contribution in [3.63, 3.8) is 0 Å². The van der Waals surface area contributed by atoms with Gasteiger partial charge in [0.25, 0.3) is 0 Å². The minimum Gasteiger partial charge on any atom is -0.460 e. The van der Waals surface area contributed by atoms with Crippen molar-refractivity contribution >= 4 is 5.97 Å². The molecule has 0 aromatic heterocycles. The van der Waals surface area contributed by atoms with E-state index in [1.54, 1.807) is 5.57 Å². The first-order valence-electron chi connectivity index (χ1n) is 18.8. The van der Waals surface area contributed by atoms with Gasteiger partial charge in [0.1, 0.15) is 12.7 Å². The number of hydrogen-bond acceptors (Lipinski definition) is 5. The van der Waals surface area contributed by atoms with Gasteiger partial charge in [-0.3, -0.25) is 0 Å². The molecule has 2 unspecified atom stereocenters. The number of allylic oxidation sites excluding steroid dienone is 2. The van der Waals surface area contributed by atoms with Crippen molar-refractivity contribution in [2.24, 2.45) is 50.2 Å². The number of ether oxygens (including phenoxy) is 4. The third-order valence-corrected chi connectivity index (χ3v) is 15.6. The number of fused-ring (bicyclic) bond motifs is 9. The first kappa shape index (κ1) is 33.8. The quantitative estimate of drug-likeness (QED) is 0.236. The Labute approximate surface area is 284 Å². The van der Waals surface area contributed by atoms with E-state index < -0.39 is 5.79 Å². The molecule has 0 bridgehead atoms. The Morgan fingerprint density at radius 3 is 2.32 bits per heavy atom. The zero-order valence-corrected chi connectivity index (χ0v) is 30.9. The standard InChI is InChI=1S/C42H62O5/c1-36(2)23-30-29-15-16-32-39(6)19-18-33-40(7,27-45-37(3,4)47-33)31(39)17-20-42(32,9)41(29,8)22-21-38(30,5)34(24-36)46-35(43)26-44-25-28-13-11-10-12-14-28/h10-15,30-34H,16-27H2,1-9H3/t30-,31?,32-,33?,34-,38-,39+,40+,41-,42-/m1/s1. The summed E-state index contributed by atoms with van der Waals surface area (Å²) in [5.41, 5.74) is 3.51. The molecule has 10 atom stereocenters. The molecule has 260 valence electrons. The Hall–Kier alpha value is -1.69. The molecule has 5 fully saturated rings. The third kappa shape index (κ3) is 5.22. The van der Waals surface area contributed by atoms with Crippen LogP contribution in [0.2, 0.25) is 0 Å². The van der Waals surface area contributed by atoms with Gasteiger partial charge in [0.2, 0.25) is 0 Å². The van der Waals surface area contributed by atoms with Crippen molar-refractivity contribution in [2.75, 3.05) is 13.2 Å². The minimum atomic E-state index is -0.485. The molecule has 0 N–H and O–H groups in total. The molecule has 5 heteroatoms. The van der Waals surface area contributed by atoms with Crippen LogP contribution in [-0.4, -0.2) is 37.2 Å². The summed E-state index contributed by atoms with van der Waals surface area (Å²) in [6, 6.07) is 10.1. The zero-order chi connectivity index (χ0) is 33.7.